The molecule has 17 heavy (non-hydrogen) atoms. The van der Waals surface area contributed by atoms with Crippen LogP contribution in [0.2, 0.25) is 0 Å². The van der Waals surface area contributed by atoms with Gasteiger partial charge >= 0.3 is 0 Å². The first-order valence-corrected chi connectivity index (χ1v) is 5.49. The maximum absolute atomic E-state index is 11.4. The molecule has 0 spiro atoms. The Labute approximate surface area is 99.0 Å². The number of ether oxygens (including phenoxy) is 1. The molecule has 1 unspecified atom stereocenters. The zero-order valence-electron chi connectivity index (χ0n) is 9.78. The van der Waals surface area contributed by atoms with Crippen molar-refractivity contribution in [3.05, 3.63) is 0 Å². The Morgan fingerprint density at radius 3 is 2.35 bits per heavy atom. The normalized spacial score (nSPS) is 38.2. The van der Waals surface area contributed by atoms with Crippen molar-refractivity contribution in [2.45, 2.75) is 44.5 Å². The van der Waals surface area contributed by atoms with E-state index in [1.807, 2.05) is 0 Å². The van der Waals surface area contributed by atoms with Crippen LogP contribution in [-0.4, -0.2) is 63.6 Å². The first-order chi connectivity index (χ1) is 7.88. The minimum atomic E-state index is -1.46. The zero-order valence-corrected chi connectivity index (χ0v) is 9.78. The summed E-state index contributed by atoms with van der Waals surface area (Å²) in [6.07, 6.45) is -5.28. The van der Waals surface area contributed by atoms with Gasteiger partial charge in [0, 0.05) is 5.92 Å². The molecule has 0 aliphatic carbocycles. The number of carbonyl (C=O) groups is 1. The summed E-state index contributed by atoms with van der Waals surface area (Å²) in [5, 5.41) is 40.1. The van der Waals surface area contributed by atoms with E-state index in [-0.39, 0.29) is 11.8 Å². The lowest BCUT2D eigenvalue weighted by atomic mass is 9.96. The number of hydrogen-bond donors (Lipinski definition) is 5. The molecule has 1 aliphatic heterocycles. The average molecular weight is 249 g/mol. The fraction of sp³-hybridized carbons (Fsp3) is 0.900. The second-order valence-electron chi connectivity index (χ2n) is 4.42. The van der Waals surface area contributed by atoms with Crippen LogP contribution >= 0.6 is 0 Å². The van der Waals surface area contributed by atoms with Crippen LogP contribution in [0.5, 0.6) is 0 Å². The van der Waals surface area contributed by atoms with Crippen molar-refractivity contribution >= 4 is 5.91 Å². The van der Waals surface area contributed by atoms with Crippen LogP contribution in [0.4, 0.5) is 0 Å². The predicted octanol–water partition coefficient (Wildman–Crippen LogP) is -2.44. The first kappa shape index (κ1) is 14.3. The number of nitrogens with one attached hydrogen (secondary N) is 1. The molecule has 1 rings (SSSR count). The van der Waals surface area contributed by atoms with Crippen molar-refractivity contribution < 1.29 is 30.0 Å². The molecular formula is C10H19NO6. The third-order valence-electron chi connectivity index (χ3n) is 2.73. The highest BCUT2D eigenvalue weighted by atomic mass is 16.6. The molecule has 0 bridgehead atoms. The zero-order chi connectivity index (χ0) is 13.2. The van der Waals surface area contributed by atoms with Gasteiger partial charge in [0.2, 0.25) is 5.91 Å². The lowest BCUT2D eigenvalue weighted by Gasteiger charge is -2.40. The van der Waals surface area contributed by atoms with Gasteiger partial charge in [0.25, 0.3) is 0 Å². The average Bonchev–Trinajstić information content (AvgIpc) is 2.28. The summed E-state index contributed by atoms with van der Waals surface area (Å²) >= 11 is 0. The highest BCUT2D eigenvalue weighted by Crippen LogP contribution is 2.19. The number of rotatable bonds is 3. The van der Waals surface area contributed by atoms with Crippen molar-refractivity contribution in [3.63, 3.8) is 0 Å². The van der Waals surface area contributed by atoms with E-state index in [1.54, 1.807) is 13.8 Å². The van der Waals surface area contributed by atoms with E-state index in [0.29, 0.717) is 0 Å². The van der Waals surface area contributed by atoms with E-state index in [4.69, 9.17) is 9.84 Å². The number of hydrogen-bond acceptors (Lipinski definition) is 6. The van der Waals surface area contributed by atoms with E-state index in [2.05, 4.69) is 5.32 Å². The van der Waals surface area contributed by atoms with Crippen LogP contribution in [0.15, 0.2) is 0 Å². The molecule has 0 aromatic heterocycles. The van der Waals surface area contributed by atoms with E-state index in [9.17, 15) is 20.1 Å². The van der Waals surface area contributed by atoms with Gasteiger partial charge in [-0.1, -0.05) is 13.8 Å². The summed E-state index contributed by atoms with van der Waals surface area (Å²) in [5.41, 5.74) is 0. The fourth-order valence-corrected chi connectivity index (χ4v) is 1.58. The van der Waals surface area contributed by atoms with Gasteiger partial charge in [-0.25, -0.2) is 0 Å². The maximum Gasteiger partial charge on any atom is 0.223 e. The minimum absolute atomic E-state index is 0.317. The molecule has 100 valence electrons. The number of aliphatic hydroxyl groups excluding tert-OH is 4. The summed E-state index contributed by atoms with van der Waals surface area (Å²) < 4.78 is 4.89. The largest absolute Gasteiger partial charge is 0.394 e. The van der Waals surface area contributed by atoms with E-state index >= 15 is 0 Å². The van der Waals surface area contributed by atoms with Gasteiger partial charge < -0.3 is 30.5 Å². The Bertz CT molecular complexity index is 272. The Hall–Kier alpha value is -0.730. The maximum atomic E-state index is 11.4. The van der Waals surface area contributed by atoms with Crippen molar-refractivity contribution in [1.29, 1.82) is 0 Å². The Morgan fingerprint density at radius 1 is 1.29 bits per heavy atom. The Kier molecular flexibility index (Phi) is 4.84. The van der Waals surface area contributed by atoms with Crippen molar-refractivity contribution in [1.82, 2.24) is 5.32 Å². The molecule has 5 N–H and O–H groups in total. The summed E-state index contributed by atoms with van der Waals surface area (Å²) in [6, 6.07) is -1.11. The van der Waals surface area contributed by atoms with Crippen LogP contribution in [0.1, 0.15) is 13.8 Å². The molecule has 1 heterocycles. The number of carbonyl (C=O) groups excluding carboxylic acids is 1. The lowest BCUT2D eigenvalue weighted by molar-refractivity contribution is -0.254. The highest BCUT2D eigenvalue weighted by molar-refractivity contribution is 5.78. The quantitative estimate of drug-likeness (QED) is 0.379. The molecule has 1 aliphatic rings. The molecule has 0 radical (unpaired) electrons. The molecule has 5 atom stereocenters. The molecule has 0 saturated carbocycles. The van der Waals surface area contributed by atoms with Crippen LogP contribution in [0, 0.1) is 5.92 Å². The van der Waals surface area contributed by atoms with Crippen LogP contribution < -0.4 is 5.32 Å². The number of aliphatic hydroxyl groups is 4. The van der Waals surface area contributed by atoms with Gasteiger partial charge in [0.05, 0.1) is 6.61 Å². The van der Waals surface area contributed by atoms with Gasteiger partial charge in [0.1, 0.15) is 24.4 Å². The summed E-state index contributed by atoms with van der Waals surface area (Å²) in [4.78, 5) is 11.4. The monoisotopic (exact) mass is 249 g/mol. The number of amides is 1. The molecule has 7 heteroatoms. The smallest absolute Gasteiger partial charge is 0.223 e. The van der Waals surface area contributed by atoms with Gasteiger partial charge in [-0.2, -0.15) is 0 Å². The summed E-state index contributed by atoms with van der Waals surface area (Å²) in [6.45, 7) is 2.79. The van der Waals surface area contributed by atoms with Crippen molar-refractivity contribution in [3.8, 4) is 0 Å². The Balaban J connectivity index is 2.69. The minimum Gasteiger partial charge on any atom is -0.394 e. The van der Waals surface area contributed by atoms with Gasteiger partial charge in [-0.05, 0) is 0 Å². The van der Waals surface area contributed by atoms with Gasteiger partial charge in [-0.3, -0.25) is 4.79 Å². The lowest BCUT2D eigenvalue weighted by Crippen LogP contribution is -2.64. The highest BCUT2D eigenvalue weighted by Gasteiger charge is 2.44. The van der Waals surface area contributed by atoms with E-state index < -0.39 is 37.3 Å². The molecule has 0 aromatic rings. The first-order valence-electron chi connectivity index (χ1n) is 5.49. The van der Waals surface area contributed by atoms with Gasteiger partial charge in [0.15, 0.2) is 6.29 Å². The molecular weight excluding hydrogens is 230 g/mol. The van der Waals surface area contributed by atoms with Crippen LogP contribution in [-0.2, 0) is 9.53 Å². The molecule has 1 amide bonds. The van der Waals surface area contributed by atoms with Crippen molar-refractivity contribution in [2.24, 2.45) is 5.92 Å². The topological polar surface area (TPSA) is 119 Å². The van der Waals surface area contributed by atoms with E-state index in [0.717, 1.165) is 0 Å². The van der Waals surface area contributed by atoms with Crippen LogP contribution in [0.25, 0.3) is 0 Å². The standard InChI is InChI=1S/C10H19NO6/c1-4(2)9(15)11-6-8(14)7(13)5(3-12)17-10(6)16/h4-8,10,12-14,16H,3H2,1-2H3,(H,11,15)/t5-,6-,7+,8-,10?/m1/s1. The summed E-state index contributed by atoms with van der Waals surface area (Å²) in [7, 11) is 0. The van der Waals surface area contributed by atoms with E-state index in [1.165, 1.54) is 0 Å². The Morgan fingerprint density at radius 2 is 1.88 bits per heavy atom. The van der Waals surface area contributed by atoms with Gasteiger partial charge in [-0.15, -0.1) is 0 Å². The third-order valence-corrected chi connectivity index (χ3v) is 2.73. The molecule has 1 saturated heterocycles. The van der Waals surface area contributed by atoms with Crippen LogP contribution in [0.3, 0.4) is 0 Å². The molecule has 7 nitrogen and oxygen atoms in total. The van der Waals surface area contributed by atoms with Crippen molar-refractivity contribution in [2.75, 3.05) is 6.61 Å². The predicted molar refractivity (Wildman–Crippen MR) is 56.7 cm³/mol. The fourth-order valence-electron chi connectivity index (χ4n) is 1.58. The summed E-state index contributed by atoms with van der Waals surface area (Å²) in [5.74, 6) is -0.687. The second-order valence-corrected chi connectivity index (χ2v) is 4.42. The second kappa shape index (κ2) is 5.74. The molecule has 0 aromatic carbocycles. The third kappa shape index (κ3) is 3.14. The SMILES string of the molecule is CC(C)C(=O)N[C@H]1C(O)O[C@H](CO)[C@H](O)[C@@H]1O. The molecule has 1 fully saturated rings.